The summed E-state index contributed by atoms with van der Waals surface area (Å²) in [6.45, 7) is 3.86. The van der Waals surface area contributed by atoms with Crippen molar-refractivity contribution in [2.24, 2.45) is 23.2 Å². The summed E-state index contributed by atoms with van der Waals surface area (Å²) in [4.78, 5) is 65.1. The van der Waals surface area contributed by atoms with E-state index < -0.39 is 53.5 Å². The Kier molecular flexibility index (Phi) is 7.70. The molecule has 0 aromatic carbocycles. The van der Waals surface area contributed by atoms with Gasteiger partial charge in [-0.3, -0.25) is 14.4 Å². The van der Waals surface area contributed by atoms with Crippen LogP contribution in [0.5, 0.6) is 0 Å². The van der Waals surface area contributed by atoms with E-state index in [9.17, 15) is 29.1 Å². The van der Waals surface area contributed by atoms with Crippen molar-refractivity contribution in [3.63, 3.8) is 0 Å². The summed E-state index contributed by atoms with van der Waals surface area (Å²) in [7, 11) is 0. The SMILES string of the molecule is C/C=C/CCCCC[C@@H]1C=C2[C@]3(CC(=O)O)CC4=C(C(=O)OC4=O)[C@@H]4[C@@H]1C[C@H](C(=O)CC/C=C/C)O[C@]24OC3=O. The summed E-state index contributed by atoms with van der Waals surface area (Å²) in [5.74, 6) is -7.03. The minimum Gasteiger partial charge on any atom is -0.481 e. The highest BCUT2D eigenvalue weighted by Crippen LogP contribution is 2.67. The fourth-order valence-electron chi connectivity index (χ4n) is 7.40. The number of carbonyl (C=O) groups excluding carboxylic acids is 4. The van der Waals surface area contributed by atoms with E-state index >= 15 is 0 Å². The van der Waals surface area contributed by atoms with Crippen LogP contribution in [-0.4, -0.2) is 46.7 Å². The van der Waals surface area contributed by atoms with E-state index in [1.807, 2.05) is 38.2 Å². The fourth-order valence-corrected chi connectivity index (χ4v) is 7.40. The molecule has 0 radical (unpaired) electrons. The number of unbranched alkanes of at least 4 members (excludes halogenated alkanes) is 3. The minimum atomic E-state index is -1.82. The molecule has 1 spiro atoms. The molecule has 9 nitrogen and oxygen atoms in total. The lowest BCUT2D eigenvalue weighted by Crippen LogP contribution is -2.59. The molecule has 0 amide bonds. The molecular formula is C31H36O9. The topological polar surface area (TPSA) is 133 Å². The molecule has 1 N–H and O–H groups in total. The number of aliphatic carboxylic acids is 1. The van der Waals surface area contributed by atoms with E-state index in [0.717, 1.165) is 32.1 Å². The zero-order valence-electron chi connectivity index (χ0n) is 23.0. The summed E-state index contributed by atoms with van der Waals surface area (Å²) < 4.78 is 17.4. The van der Waals surface area contributed by atoms with Crippen LogP contribution in [0.4, 0.5) is 0 Å². The smallest absolute Gasteiger partial charge is 0.343 e. The molecule has 0 aromatic rings. The van der Waals surface area contributed by atoms with Gasteiger partial charge < -0.3 is 19.3 Å². The maximum absolute atomic E-state index is 13.7. The second-order valence-electron chi connectivity index (χ2n) is 11.5. The summed E-state index contributed by atoms with van der Waals surface area (Å²) in [5.41, 5.74) is -1.25. The predicted molar refractivity (Wildman–Crippen MR) is 141 cm³/mol. The number of ketones is 1. The number of rotatable bonds is 12. The molecule has 2 aliphatic carbocycles. The van der Waals surface area contributed by atoms with Crippen molar-refractivity contribution in [1.29, 1.82) is 0 Å². The Morgan fingerprint density at radius 3 is 2.52 bits per heavy atom. The Bertz CT molecular complexity index is 1250. The highest BCUT2D eigenvalue weighted by Gasteiger charge is 2.75. The minimum absolute atomic E-state index is 0.0270. The van der Waals surface area contributed by atoms with Crippen LogP contribution in [0.2, 0.25) is 0 Å². The molecule has 0 aromatic heterocycles. The summed E-state index contributed by atoms with van der Waals surface area (Å²) >= 11 is 0. The van der Waals surface area contributed by atoms with Crippen molar-refractivity contribution in [2.75, 3.05) is 0 Å². The van der Waals surface area contributed by atoms with Crippen LogP contribution in [0.25, 0.3) is 0 Å². The Hall–Kier alpha value is -3.33. The lowest BCUT2D eigenvalue weighted by atomic mass is 9.59. The van der Waals surface area contributed by atoms with Gasteiger partial charge in [0, 0.05) is 18.4 Å². The number of ether oxygens (including phenoxy) is 3. The second kappa shape index (κ2) is 10.9. The maximum atomic E-state index is 13.7. The largest absolute Gasteiger partial charge is 0.481 e. The van der Waals surface area contributed by atoms with Gasteiger partial charge in [0.05, 0.1) is 23.5 Å². The molecule has 5 bridgehead atoms. The van der Waals surface area contributed by atoms with Crippen LogP contribution in [0.15, 0.2) is 47.1 Å². The van der Waals surface area contributed by atoms with Gasteiger partial charge in [-0.15, -0.1) is 0 Å². The van der Waals surface area contributed by atoms with Crippen LogP contribution < -0.4 is 0 Å². The Morgan fingerprint density at radius 2 is 1.80 bits per heavy atom. The molecule has 6 atom stereocenters. The first-order valence-corrected chi connectivity index (χ1v) is 14.3. The highest BCUT2D eigenvalue weighted by atomic mass is 16.7. The van der Waals surface area contributed by atoms with Crippen LogP contribution in [0, 0.1) is 23.2 Å². The first-order chi connectivity index (χ1) is 19.2. The van der Waals surface area contributed by atoms with Crippen molar-refractivity contribution in [1.82, 2.24) is 0 Å². The third kappa shape index (κ3) is 4.48. The predicted octanol–water partition coefficient (Wildman–Crippen LogP) is 4.51. The first kappa shape index (κ1) is 28.2. The molecule has 3 aliphatic heterocycles. The van der Waals surface area contributed by atoms with Gasteiger partial charge in [0.15, 0.2) is 5.78 Å². The highest BCUT2D eigenvalue weighted by molar-refractivity contribution is 6.14. The molecule has 2 fully saturated rings. The summed E-state index contributed by atoms with van der Waals surface area (Å²) in [6.07, 6.45) is 13.6. The molecule has 214 valence electrons. The first-order valence-electron chi connectivity index (χ1n) is 14.3. The molecule has 2 saturated heterocycles. The molecule has 3 heterocycles. The van der Waals surface area contributed by atoms with Gasteiger partial charge in [-0.2, -0.15) is 0 Å². The van der Waals surface area contributed by atoms with Crippen molar-refractivity contribution in [2.45, 2.75) is 89.9 Å². The number of allylic oxidation sites excluding steroid dienone is 5. The van der Waals surface area contributed by atoms with Gasteiger partial charge in [0.2, 0.25) is 5.79 Å². The van der Waals surface area contributed by atoms with Crippen molar-refractivity contribution >= 4 is 29.7 Å². The number of esters is 3. The molecule has 9 heteroatoms. The maximum Gasteiger partial charge on any atom is 0.343 e. The lowest BCUT2D eigenvalue weighted by molar-refractivity contribution is -0.268. The number of Topliss-reactive ketones (excluding diaryl/α,β-unsaturated/α-hetero) is 1. The van der Waals surface area contributed by atoms with Gasteiger partial charge in [-0.1, -0.05) is 43.2 Å². The number of hydrogen-bond acceptors (Lipinski definition) is 8. The number of carboxylic acids is 1. The summed E-state index contributed by atoms with van der Waals surface area (Å²) in [6, 6.07) is 0. The van der Waals surface area contributed by atoms with E-state index in [1.165, 1.54) is 0 Å². The van der Waals surface area contributed by atoms with Gasteiger partial charge in [-0.05, 0) is 57.8 Å². The fraction of sp³-hybridized carbons (Fsp3) is 0.581. The zero-order chi connectivity index (χ0) is 28.7. The average Bonchev–Trinajstić information content (AvgIpc) is 3.25. The third-order valence-electron chi connectivity index (χ3n) is 9.11. The van der Waals surface area contributed by atoms with Gasteiger partial charge in [-0.25, -0.2) is 9.59 Å². The third-order valence-corrected chi connectivity index (χ3v) is 9.11. The number of carbonyl (C=O) groups is 5. The van der Waals surface area contributed by atoms with Crippen LogP contribution >= 0.6 is 0 Å². The molecule has 40 heavy (non-hydrogen) atoms. The number of cyclic esters (lactones) is 2. The normalized spacial score (nSPS) is 34.1. The van der Waals surface area contributed by atoms with Crippen molar-refractivity contribution in [3.05, 3.63) is 47.1 Å². The van der Waals surface area contributed by atoms with Gasteiger partial charge in [0.1, 0.15) is 11.5 Å². The van der Waals surface area contributed by atoms with Crippen LogP contribution in [0.1, 0.15) is 78.1 Å². The molecule has 5 aliphatic rings. The van der Waals surface area contributed by atoms with Crippen molar-refractivity contribution in [3.8, 4) is 0 Å². The Balaban J connectivity index is 1.60. The van der Waals surface area contributed by atoms with E-state index in [4.69, 9.17) is 14.2 Å². The van der Waals surface area contributed by atoms with Gasteiger partial charge in [0.25, 0.3) is 0 Å². The zero-order valence-corrected chi connectivity index (χ0v) is 23.0. The average molecular weight is 553 g/mol. The van der Waals surface area contributed by atoms with Gasteiger partial charge >= 0.3 is 23.9 Å². The van der Waals surface area contributed by atoms with E-state index in [2.05, 4.69) is 6.08 Å². The van der Waals surface area contributed by atoms with E-state index in [-0.39, 0.29) is 41.6 Å². The molecule has 0 saturated carbocycles. The van der Waals surface area contributed by atoms with E-state index in [1.54, 1.807) is 0 Å². The van der Waals surface area contributed by atoms with Crippen LogP contribution in [0.3, 0.4) is 0 Å². The quantitative estimate of drug-likeness (QED) is 0.161. The molecule has 5 rings (SSSR count). The summed E-state index contributed by atoms with van der Waals surface area (Å²) in [5, 5.41) is 9.90. The Labute approximate surface area is 233 Å². The standard InChI is InChI=1S/C31H36O9/c1-3-5-7-8-9-11-12-18-14-23-30(17-24(33)34)16-20-25(28(36)38-27(20)35)26-19(18)15-22(21(32)13-10-6-4-2)39-31(23,26)40-29(30)37/h3-6,14,18-19,22,26H,7-13,15-17H2,1-2H3,(H,33,34)/b5-3+,6-4+/t18-,19-,22-,26+,30-,31+/m1/s1. The second-order valence-corrected chi connectivity index (χ2v) is 11.5. The molecular weight excluding hydrogens is 516 g/mol. The van der Waals surface area contributed by atoms with E-state index in [0.29, 0.717) is 18.4 Å². The monoisotopic (exact) mass is 552 g/mol. The lowest BCUT2D eigenvalue weighted by Gasteiger charge is -2.52. The van der Waals surface area contributed by atoms with Crippen LogP contribution in [-0.2, 0) is 38.2 Å². The molecule has 0 unspecified atom stereocenters. The number of hydrogen-bond donors (Lipinski definition) is 1. The number of carboxylic acid groups (broad SMARTS) is 1. The Morgan fingerprint density at radius 1 is 1.05 bits per heavy atom. The van der Waals surface area contributed by atoms with Crippen molar-refractivity contribution < 1.29 is 43.3 Å².